The summed E-state index contributed by atoms with van der Waals surface area (Å²) in [4.78, 5) is 38.8. The van der Waals surface area contributed by atoms with Crippen molar-refractivity contribution in [2.45, 2.75) is 52.0 Å². The van der Waals surface area contributed by atoms with Gasteiger partial charge in [-0.3, -0.25) is 9.59 Å². The third-order valence-electron chi connectivity index (χ3n) is 7.28. The second kappa shape index (κ2) is 9.95. The topological polar surface area (TPSA) is 113 Å². The lowest BCUT2D eigenvalue weighted by Crippen LogP contribution is -2.46. The summed E-state index contributed by atoms with van der Waals surface area (Å²) in [7, 11) is 0.0269. The average molecular weight is 485 g/mol. The molecule has 0 saturated carbocycles. The van der Waals surface area contributed by atoms with Crippen LogP contribution in [0.4, 0.5) is 9.18 Å². The number of allylic oxidation sites excluding steroid dienone is 2. The van der Waals surface area contributed by atoms with E-state index in [0.717, 1.165) is 23.8 Å². The number of phenolic OH excluding ortho intramolecular Hbond substituents is 1. The molecular formula is C25H29BFNO7. The first-order valence-corrected chi connectivity index (χ1v) is 11.8. The minimum absolute atomic E-state index is 0.173. The first-order valence-electron chi connectivity index (χ1n) is 11.8. The second-order valence-electron chi connectivity index (χ2n) is 9.39. The minimum atomic E-state index is -1.10. The summed E-state index contributed by atoms with van der Waals surface area (Å²) >= 11 is 0. The minimum Gasteiger partial charge on any atom is -0.505 e. The lowest BCUT2D eigenvalue weighted by atomic mass is 9.58. The van der Waals surface area contributed by atoms with E-state index in [1.54, 1.807) is 6.07 Å². The van der Waals surface area contributed by atoms with Crippen molar-refractivity contribution in [1.29, 1.82) is 0 Å². The van der Waals surface area contributed by atoms with Gasteiger partial charge in [-0.1, -0.05) is 30.2 Å². The number of ether oxygens (including phenoxy) is 1. The van der Waals surface area contributed by atoms with Gasteiger partial charge in [-0.25, -0.2) is 9.18 Å². The summed E-state index contributed by atoms with van der Waals surface area (Å²) in [5, 5.41) is 19.9. The summed E-state index contributed by atoms with van der Waals surface area (Å²) in [5.41, 5.74) is 3.53. The highest BCUT2D eigenvalue weighted by molar-refractivity contribution is 6.43. The van der Waals surface area contributed by atoms with Gasteiger partial charge in [0.05, 0.1) is 25.0 Å². The van der Waals surface area contributed by atoms with Crippen LogP contribution in [0.15, 0.2) is 34.9 Å². The molecule has 0 spiro atoms. The van der Waals surface area contributed by atoms with Crippen LogP contribution in [0.1, 0.15) is 45.1 Å². The zero-order chi connectivity index (χ0) is 25.4. The molecule has 0 aromatic heterocycles. The Hall–Kier alpha value is -2.98. The summed E-state index contributed by atoms with van der Waals surface area (Å²) in [5.74, 6) is -4.02. The number of carbonyl (C=O) groups is 3. The van der Waals surface area contributed by atoms with E-state index in [9.17, 15) is 28.9 Å². The van der Waals surface area contributed by atoms with Crippen molar-refractivity contribution in [3.8, 4) is 5.75 Å². The van der Waals surface area contributed by atoms with E-state index < -0.39 is 60.5 Å². The maximum Gasteiger partial charge on any atom is 0.455 e. The third-order valence-corrected chi connectivity index (χ3v) is 7.28. The molecule has 2 N–H and O–H groups in total. The SMILES string of the molecule is CCC1=C2[C@@H](CC/C(C)=C/c3ccc(O)c(F)c3)OB(O)C[C@@H]2[C@@H]2C(=O)N(C(=O)OC)C(=O)[C@@H]2C1. The van der Waals surface area contributed by atoms with Gasteiger partial charge in [0, 0.05) is 0 Å². The van der Waals surface area contributed by atoms with Gasteiger partial charge in [0.25, 0.3) is 0 Å². The van der Waals surface area contributed by atoms with E-state index in [4.69, 9.17) is 4.65 Å². The van der Waals surface area contributed by atoms with E-state index in [1.165, 1.54) is 12.1 Å². The van der Waals surface area contributed by atoms with Gasteiger partial charge in [0.2, 0.25) is 11.8 Å². The second-order valence-corrected chi connectivity index (χ2v) is 9.39. The summed E-state index contributed by atoms with van der Waals surface area (Å²) in [6.45, 7) is 3.88. The standard InChI is InChI=1S/C25H29BFNO7/c1-4-15-11-16-22(24(31)28(23(16)30)25(32)34-3)17-12-26(33)35-20(21(15)17)8-5-13(2)9-14-6-7-19(29)18(27)10-14/h6-7,9-10,16-17,20,22,29,33H,4-5,8,11-12H2,1-3H3/b13-9+/t16-,17+,20-,22-/m1/s1. The Kier molecular flexibility index (Phi) is 7.14. The van der Waals surface area contributed by atoms with Crippen molar-refractivity contribution in [2.24, 2.45) is 17.8 Å². The van der Waals surface area contributed by atoms with Crippen LogP contribution in [0.5, 0.6) is 5.75 Å². The van der Waals surface area contributed by atoms with Crippen molar-refractivity contribution in [3.05, 3.63) is 46.3 Å². The molecule has 2 fully saturated rings. The Morgan fingerprint density at radius 2 is 2.06 bits per heavy atom. The van der Waals surface area contributed by atoms with Crippen LogP contribution in [0, 0.1) is 23.6 Å². The zero-order valence-electron chi connectivity index (χ0n) is 20.0. The quantitative estimate of drug-likeness (QED) is 0.372. The van der Waals surface area contributed by atoms with E-state index >= 15 is 0 Å². The van der Waals surface area contributed by atoms with Crippen LogP contribution < -0.4 is 0 Å². The number of likely N-dealkylation sites (tertiary alicyclic amines) is 1. The largest absolute Gasteiger partial charge is 0.505 e. The number of rotatable bonds is 5. The number of aromatic hydroxyl groups is 1. The first-order chi connectivity index (χ1) is 16.7. The fraction of sp³-hybridized carbons (Fsp3) is 0.480. The average Bonchev–Trinajstić information content (AvgIpc) is 3.08. The van der Waals surface area contributed by atoms with Gasteiger partial charge in [0.15, 0.2) is 11.6 Å². The number of fused-ring (bicyclic) bond motifs is 3. The normalized spacial score (nSPS) is 26.7. The molecule has 35 heavy (non-hydrogen) atoms. The maximum atomic E-state index is 13.7. The number of nitrogens with zero attached hydrogens (tertiary/aromatic N) is 1. The van der Waals surface area contributed by atoms with Crippen molar-refractivity contribution >= 4 is 31.1 Å². The molecular weight excluding hydrogens is 456 g/mol. The lowest BCUT2D eigenvalue weighted by Gasteiger charge is -2.43. The highest BCUT2D eigenvalue weighted by atomic mass is 19.1. The number of benzene rings is 1. The maximum absolute atomic E-state index is 13.7. The molecule has 0 bridgehead atoms. The Bertz CT molecular complexity index is 1120. The predicted octanol–water partition coefficient (Wildman–Crippen LogP) is 3.69. The van der Waals surface area contributed by atoms with Crippen LogP contribution in [0.25, 0.3) is 6.08 Å². The van der Waals surface area contributed by atoms with Gasteiger partial charge >= 0.3 is 13.2 Å². The number of imide groups is 3. The predicted molar refractivity (Wildman–Crippen MR) is 125 cm³/mol. The summed E-state index contributed by atoms with van der Waals surface area (Å²) < 4.78 is 24.2. The number of hydrogen-bond donors (Lipinski definition) is 2. The molecule has 8 nitrogen and oxygen atoms in total. The highest BCUT2D eigenvalue weighted by Gasteiger charge is 2.58. The van der Waals surface area contributed by atoms with Crippen LogP contribution in [0.3, 0.4) is 0 Å². The van der Waals surface area contributed by atoms with Crippen molar-refractivity contribution in [2.75, 3.05) is 7.11 Å². The van der Waals surface area contributed by atoms with E-state index in [1.807, 2.05) is 19.9 Å². The molecule has 1 aromatic rings. The van der Waals surface area contributed by atoms with Crippen LogP contribution in [-0.2, 0) is 19.0 Å². The number of halogens is 1. The summed E-state index contributed by atoms with van der Waals surface area (Å²) in [6.07, 6.45) is 2.69. The molecule has 4 atom stereocenters. The molecule has 4 rings (SSSR count). The van der Waals surface area contributed by atoms with Crippen LogP contribution in [0.2, 0.25) is 6.32 Å². The summed E-state index contributed by atoms with van der Waals surface area (Å²) in [6, 6.07) is 4.17. The van der Waals surface area contributed by atoms with Crippen molar-refractivity contribution in [3.63, 3.8) is 0 Å². The van der Waals surface area contributed by atoms with Gasteiger partial charge in [-0.2, -0.15) is 4.90 Å². The molecule has 2 aliphatic heterocycles. The van der Waals surface area contributed by atoms with E-state index in [-0.39, 0.29) is 6.32 Å². The van der Waals surface area contributed by atoms with Gasteiger partial charge in [-0.05, 0) is 68.1 Å². The molecule has 186 valence electrons. The molecule has 2 saturated heterocycles. The third kappa shape index (κ3) is 4.64. The molecule has 2 heterocycles. The van der Waals surface area contributed by atoms with E-state index in [2.05, 4.69) is 4.74 Å². The first kappa shape index (κ1) is 25.1. The van der Waals surface area contributed by atoms with Gasteiger partial charge < -0.3 is 19.5 Å². The van der Waals surface area contributed by atoms with Crippen LogP contribution >= 0.6 is 0 Å². The Balaban J connectivity index is 1.58. The smallest absolute Gasteiger partial charge is 0.455 e. The molecule has 10 heteroatoms. The molecule has 3 amide bonds. The fourth-order valence-electron chi connectivity index (χ4n) is 5.70. The Labute approximate surface area is 203 Å². The van der Waals surface area contributed by atoms with E-state index in [0.29, 0.717) is 36.1 Å². The molecule has 1 aliphatic carbocycles. The number of methoxy groups -OCH3 is 1. The van der Waals surface area contributed by atoms with Gasteiger partial charge in [0.1, 0.15) is 0 Å². The monoisotopic (exact) mass is 485 g/mol. The zero-order valence-corrected chi connectivity index (χ0v) is 20.0. The Morgan fingerprint density at radius 3 is 2.71 bits per heavy atom. The molecule has 0 radical (unpaired) electrons. The number of hydrogen-bond acceptors (Lipinski definition) is 7. The van der Waals surface area contributed by atoms with Crippen LogP contribution in [-0.4, -0.2) is 53.3 Å². The fourth-order valence-corrected chi connectivity index (χ4v) is 5.70. The van der Waals surface area contributed by atoms with Crippen molar-refractivity contribution in [1.82, 2.24) is 4.90 Å². The highest BCUT2D eigenvalue weighted by Crippen LogP contribution is 2.51. The van der Waals surface area contributed by atoms with Gasteiger partial charge in [-0.15, -0.1) is 0 Å². The molecule has 3 aliphatic rings. The number of carbonyl (C=O) groups excluding carboxylic acids is 3. The number of amides is 3. The lowest BCUT2D eigenvalue weighted by molar-refractivity contribution is -0.137. The molecule has 0 unspecified atom stereocenters. The van der Waals surface area contributed by atoms with Crippen molar-refractivity contribution < 1.29 is 38.3 Å². The number of phenols is 1. The molecule has 1 aromatic carbocycles. The Morgan fingerprint density at radius 1 is 1.31 bits per heavy atom.